The number of carbonyl (C=O) groups is 3. The second-order valence-corrected chi connectivity index (χ2v) is 16.7. The molecule has 0 fully saturated rings. The molecule has 342 valence electrons. The Balaban J connectivity index is 4.28. The van der Waals surface area contributed by atoms with Gasteiger partial charge in [-0.15, -0.1) is 0 Å². The van der Waals surface area contributed by atoms with Gasteiger partial charge in [-0.3, -0.25) is 9.59 Å². The zero-order valence-electron chi connectivity index (χ0n) is 38.9. The van der Waals surface area contributed by atoms with E-state index in [1.165, 1.54) is 70.6 Å². The Morgan fingerprint density at radius 2 is 0.967 bits per heavy atom. The first kappa shape index (κ1) is 56.5. The lowest BCUT2D eigenvalue weighted by molar-refractivity contribution is -0.887. The molecule has 0 radical (unpaired) electrons. The molecule has 1 N–H and O–H groups in total. The molecular weight excluding hydrogens is 751 g/mol. The molecule has 0 rings (SSSR count). The van der Waals surface area contributed by atoms with Gasteiger partial charge in [0.2, 0.25) is 0 Å². The maximum atomic E-state index is 12.8. The van der Waals surface area contributed by atoms with Crippen LogP contribution in [0.4, 0.5) is 0 Å². The van der Waals surface area contributed by atoms with Crippen molar-refractivity contribution in [2.75, 3.05) is 41.0 Å². The predicted octanol–water partition coefficient (Wildman–Crippen LogP) is 13.3. The third-order valence-corrected chi connectivity index (χ3v) is 10.1. The van der Waals surface area contributed by atoms with Crippen molar-refractivity contribution in [2.24, 2.45) is 0 Å². The molecular formula is C52H88NO7+. The molecule has 0 bridgehead atoms. The van der Waals surface area contributed by atoms with Crippen LogP contribution in [0.1, 0.15) is 174 Å². The summed E-state index contributed by atoms with van der Waals surface area (Å²) in [7, 11) is 5.51. The van der Waals surface area contributed by atoms with Crippen LogP contribution >= 0.6 is 0 Å². The summed E-state index contributed by atoms with van der Waals surface area (Å²) in [5.41, 5.74) is 0. The SMILES string of the molecule is CC/C=C/C=C/C=C/C=C/CCCCCC(=O)OCC(COCCC(C(=O)O)[N+](C)(C)C)OC(=O)CCCCCCCCCCCCCCC/C=C/C/C=C/C/C=C/CC. The summed E-state index contributed by atoms with van der Waals surface area (Å²) in [6.07, 6.45) is 55.0. The number of carboxylic acids is 1. The van der Waals surface area contributed by atoms with Crippen LogP contribution in [0.2, 0.25) is 0 Å². The van der Waals surface area contributed by atoms with Gasteiger partial charge in [0, 0.05) is 19.3 Å². The highest BCUT2D eigenvalue weighted by Gasteiger charge is 2.31. The summed E-state index contributed by atoms with van der Waals surface area (Å²) in [5, 5.41) is 9.63. The van der Waals surface area contributed by atoms with Crippen molar-refractivity contribution in [3.63, 3.8) is 0 Å². The Hall–Kier alpha value is -3.49. The average molecular weight is 839 g/mol. The van der Waals surface area contributed by atoms with Gasteiger partial charge in [-0.1, -0.05) is 176 Å². The highest BCUT2D eigenvalue weighted by atomic mass is 16.6. The van der Waals surface area contributed by atoms with E-state index in [-0.39, 0.29) is 36.2 Å². The summed E-state index contributed by atoms with van der Waals surface area (Å²) in [6, 6.07) is -0.625. The second kappa shape index (κ2) is 42.2. The van der Waals surface area contributed by atoms with Crippen molar-refractivity contribution in [2.45, 2.75) is 187 Å². The number of allylic oxidation sites excluding steroid dienone is 14. The van der Waals surface area contributed by atoms with E-state index in [0.717, 1.165) is 70.6 Å². The zero-order valence-corrected chi connectivity index (χ0v) is 38.9. The van der Waals surface area contributed by atoms with E-state index in [0.29, 0.717) is 19.3 Å². The normalized spacial score (nSPS) is 13.7. The van der Waals surface area contributed by atoms with Gasteiger partial charge >= 0.3 is 17.9 Å². The highest BCUT2D eigenvalue weighted by molar-refractivity contribution is 5.72. The molecule has 2 unspecified atom stereocenters. The van der Waals surface area contributed by atoms with Gasteiger partial charge in [0.25, 0.3) is 0 Å². The van der Waals surface area contributed by atoms with Crippen LogP contribution in [-0.2, 0) is 28.6 Å². The minimum Gasteiger partial charge on any atom is -0.477 e. The number of quaternary nitrogens is 1. The van der Waals surface area contributed by atoms with E-state index in [1.807, 2.05) is 57.6 Å². The number of hydrogen-bond acceptors (Lipinski definition) is 6. The van der Waals surface area contributed by atoms with Crippen LogP contribution in [0.3, 0.4) is 0 Å². The second-order valence-electron chi connectivity index (χ2n) is 16.7. The maximum Gasteiger partial charge on any atom is 0.362 e. The third-order valence-electron chi connectivity index (χ3n) is 10.1. The topological polar surface area (TPSA) is 99.1 Å². The molecule has 60 heavy (non-hydrogen) atoms. The summed E-state index contributed by atoms with van der Waals surface area (Å²) < 4.78 is 17.3. The van der Waals surface area contributed by atoms with Crippen LogP contribution in [0, 0.1) is 0 Å². The van der Waals surface area contributed by atoms with Gasteiger partial charge in [-0.25, -0.2) is 4.79 Å². The standard InChI is InChI=1S/C52H87NO7/c1-6-8-10-12-14-16-18-20-21-22-23-24-25-26-27-28-29-31-33-35-37-39-41-43-51(55)60-48(46-58-45-44-49(52(56)57)53(3,4)5)47-59-50(54)42-40-38-36-34-32-30-19-17-15-13-11-9-7-2/h8-11,13-17,19-21,30,32,48-49H,6-7,12,18,22-29,31,33-47H2,1-5H3/p+1/b10-8+,11-9+,15-13+,16-14+,19-17+,21-20+,32-30+. The van der Waals surface area contributed by atoms with Crippen molar-refractivity contribution < 1.29 is 38.2 Å². The molecule has 0 heterocycles. The number of carboxylic acid groups (broad SMARTS) is 1. The third kappa shape index (κ3) is 39.9. The highest BCUT2D eigenvalue weighted by Crippen LogP contribution is 2.15. The lowest BCUT2D eigenvalue weighted by Gasteiger charge is -2.31. The quantitative estimate of drug-likeness (QED) is 0.0215. The van der Waals surface area contributed by atoms with Crippen molar-refractivity contribution in [1.82, 2.24) is 0 Å². The Labute approximate surface area is 367 Å². The van der Waals surface area contributed by atoms with Gasteiger partial charge in [0.15, 0.2) is 12.1 Å². The fraction of sp³-hybridized carbons (Fsp3) is 0.673. The molecule has 0 saturated heterocycles. The summed E-state index contributed by atoms with van der Waals surface area (Å²) in [5.74, 6) is -1.53. The van der Waals surface area contributed by atoms with Gasteiger partial charge in [0.05, 0.1) is 34.4 Å². The van der Waals surface area contributed by atoms with Crippen molar-refractivity contribution in [3.8, 4) is 0 Å². The number of rotatable bonds is 41. The van der Waals surface area contributed by atoms with Gasteiger partial charge in [-0.2, -0.15) is 0 Å². The molecule has 0 aromatic carbocycles. The number of likely N-dealkylation sites (N-methyl/N-ethyl adjacent to an activating group) is 1. The van der Waals surface area contributed by atoms with E-state index >= 15 is 0 Å². The summed E-state index contributed by atoms with van der Waals surface area (Å²) in [4.78, 5) is 37.0. The molecule has 8 heteroatoms. The monoisotopic (exact) mass is 839 g/mol. The molecule has 0 amide bonds. The van der Waals surface area contributed by atoms with Crippen LogP contribution in [0.25, 0.3) is 0 Å². The molecule has 0 saturated carbocycles. The fourth-order valence-electron chi connectivity index (χ4n) is 6.53. The largest absolute Gasteiger partial charge is 0.477 e. The first-order valence-corrected chi connectivity index (χ1v) is 23.7. The van der Waals surface area contributed by atoms with Crippen molar-refractivity contribution in [3.05, 3.63) is 85.1 Å². The molecule has 0 aliphatic heterocycles. The number of aliphatic carboxylic acids is 1. The van der Waals surface area contributed by atoms with Crippen molar-refractivity contribution in [1.29, 1.82) is 0 Å². The number of nitrogens with zero attached hydrogens (tertiary/aromatic N) is 1. The van der Waals surface area contributed by atoms with E-state index in [4.69, 9.17) is 14.2 Å². The number of esters is 2. The Morgan fingerprint density at radius 3 is 1.52 bits per heavy atom. The zero-order chi connectivity index (χ0) is 44.2. The van der Waals surface area contributed by atoms with Gasteiger partial charge < -0.3 is 23.8 Å². The molecule has 2 atom stereocenters. The van der Waals surface area contributed by atoms with E-state index in [9.17, 15) is 19.5 Å². The number of unbranched alkanes of at least 4 members (excludes halogenated alkanes) is 16. The number of carbonyl (C=O) groups excluding carboxylic acids is 2. The molecule has 0 aromatic heterocycles. The lowest BCUT2D eigenvalue weighted by atomic mass is 10.0. The van der Waals surface area contributed by atoms with Crippen molar-refractivity contribution >= 4 is 17.9 Å². The summed E-state index contributed by atoms with van der Waals surface area (Å²) in [6.45, 7) is 4.44. The molecule has 8 nitrogen and oxygen atoms in total. The number of ether oxygens (including phenoxy) is 3. The minimum absolute atomic E-state index is 0.0439. The van der Waals surface area contributed by atoms with Crippen LogP contribution in [0.5, 0.6) is 0 Å². The predicted molar refractivity (Wildman–Crippen MR) is 252 cm³/mol. The minimum atomic E-state index is -0.884. The fourth-order valence-corrected chi connectivity index (χ4v) is 6.53. The lowest BCUT2D eigenvalue weighted by Crippen LogP contribution is -2.50. The smallest absolute Gasteiger partial charge is 0.362 e. The molecule has 0 aliphatic carbocycles. The Kier molecular flexibility index (Phi) is 39.8. The van der Waals surface area contributed by atoms with E-state index < -0.39 is 18.1 Å². The van der Waals surface area contributed by atoms with E-state index in [2.05, 4.69) is 62.5 Å². The molecule has 0 spiro atoms. The van der Waals surface area contributed by atoms with Crippen LogP contribution < -0.4 is 0 Å². The van der Waals surface area contributed by atoms with Gasteiger partial charge in [0.1, 0.15) is 6.61 Å². The molecule has 0 aromatic rings. The Morgan fingerprint density at radius 1 is 0.517 bits per heavy atom. The maximum absolute atomic E-state index is 12.8. The van der Waals surface area contributed by atoms with Crippen LogP contribution in [0.15, 0.2) is 85.1 Å². The first-order chi connectivity index (χ1) is 29.1. The first-order valence-electron chi connectivity index (χ1n) is 23.7. The van der Waals surface area contributed by atoms with E-state index in [1.54, 1.807) is 0 Å². The van der Waals surface area contributed by atoms with Crippen LogP contribution in [-0.4, -0.2) is 80.6 Å². The number of hydrogen-bond donors (Lipinski definition) is 1. The van der Waals surface area contributed by atoms with Gasteiger partial charge in [-0.05, 0) is 64.2 Å². The average Bonchev–Trinajstić information content (AvgIpc) is 3.21. The molecule has 0 aliphatic rings. The Bertz CT molecular complexity index is 1250. The summed E-state index contributed by atoms with van der Waals surface area (Å²) >= 11 is 0.